The van der Waals surface area contributed by atoms with E-state index in [2.05, 4.69) is 34.6 Å². The normalized spacial score (nSPS) is 15.5. The van der Waals surface area contributed by atoms with Crippen molar-refractivity contribution >= 4 is 11.7 Å². The third-order valence-corrected chi connectivity index (χ3v) is 5.38. The number of hydrogen-bond donors (Lipinski definition) is 1. The molecule has 2 amide bonds. The number of urea groups is 1. The zero-order valence-electron chi connectivity index (χ0n) is 16.1. The van der Waals surface area contributed by atoms with E-state index in [0.29, 0.717) is 6.54 Å². The Morgan fingerprint density at radius 3 is 2.61 bits per heavy atom. The largest absolute Gasteiger partial charge is 0.322 e. The molecule has 1 heterocycles. The monoisotopic (exact) mass is 371 g/mol. The van der Waals surface area contributed by atoms with Crippen LogP contribution >= 0.6 is 0 Å². The van der Waals surface area contributed by atoms with E-state index in [1.54, 1.807) is 12.4 Å². The predicted octanol–water partition coefficient (Wildman–Crippen LogP) is 5.50. The first-order chi connectivity index (χ1) is 13.7. The number of fused-ring (bicyclic) bond motifs is 1. The van der Waals surface area contributed by atoms with Crippen molar-refractivity contribution in [1.82, 2.24) is 9.88 Å². The van der Waals surface area contributed by atoms with Gasteiger partial charge in [-0.3, -0.25) is 4.98 Å². The molecule has 0 spiro atoms. The highest BCUT2D eigenvalue weighted by Gasteiger charge is 2.29. The van der Waals surface area contributed by atoms with Gasteiger partial charge in [0.1, 0.15) is 0 Å². The molecule has 1 aliphatic carbocycles. The van der Waals surface area contributed by atoms with Crippen molar-refractivity contribution in [2.75, 3.05) is 5.32 Å². The number of aryl methyl sites for hydroxylation is 2. The summed E-state index contributed by atoms with van der Waals surface area (Å²) in [6.45, 7) is 2.60. The van der Waals surface area contributed by atoms with E-state index < -0.39 is 0 Å². The number of anilines is 1. The molecule has 0 fully saturated rings. The third-order valence-electron chi connectivity index (χ3n) is 5.38. The summed E-state index contributed by atoms with van der Waals surface area (Å²) in [6, 6.07) is 20.4. The van der Waals surface area contributed by atoms with Crippen LogP contribution in [0.3, 0.4) is 0 Å². The molecule has 1 unspecified atom stereocenters. The number of benzene rings is 2. The van der Waals surface area contributed by atoms with Gasteiger partial charge in [-0.05, 0) is 67.1 Å². The Bertz CT molecular complexity index is 938. The summed E-state index contributed by atoms with van der Waals surface area (Å²) in [5.74, 6) is 0. The summed E-state index contributed by atoms with van der Waals surface area (Å²) in [5, 5.41) is 3.09. The highest BCUT2D eigenvalue weighted by molar-refractivity contribution is 5.89. The Balaban J connectivity index is 1.64. The molecule has 4 nitrogen and oxygen atoms in total. The van der Waals surface area contributed by atoms with Gasteiger partial charge in [0.25, 0.3) is 0 Å². The van der Waals surface area contributed by atoms with Crippen molar-refractivity contribution in [3.8, 4) is 0 Å². The molecule has 0 bridgehead atoms. The Hall–Kier alpha value is -3.14. The van der Waals surface area contributed by atoms with Gasteiger partial charge in [-0.2, -0.15) is 0 Å². The van der Waals surface area contributed by atoms with Crippen molar-refractivity contribution in [2.24, 2.45) is 0 Å². The number of rotatable bonds is 4. The summed E-state index contributed by atoms with van der Waals surface area (Å²) in [4.78, 5) is 19.4. The summed E-state index contributed by atoms with van der Waals surface area (Å²) in [5.41, 5.74) is 5.69. The van der Waals surface area contributed by atoms with Crippen LogP contribution in [0, 0.1) is 6.92 Å². The van der Waals surface area contributed by atoms with Crippen LogP contribution in [0.5, 0.6) is 0 Å². The Kier molecular flexibility index (Phi) is 5.38. The van der Waals surface area contributed by atoms with Crippen LogP contribution < -0.4 is 5.32 Å². The van der Waals surface area contributed by atoms with E-state index in [9.17, 15) is 4.79 Å². The van der Waals surface area contributed by atoms with Crippen molar-refractivity contribution in [1.29, 1.82) is 0 Å². The van der Waals surface area contributed by atoms with Gasteiger partial charge in [0.2, 0.25) is 0 Å². The second-order valence-electron chi connectivity index (χ2n) is 7.39. The Morgan fingerprint density at radius 1 is 1.07 bits per heavy atom. The standard InChI is InChI=1S/C24H25N3O/c1-18-9-11-21(12-10-18)26-24(28)27(17-19-13-15-25-16-14-19)23-8-4-6-20-5-2-3-7-22(20)23/h2-3,5,7,9-16,23H,4,6,8,17H2,1H3,(H,26,28). The van der Waals surface area contributed by atoms with Crippen molar-refractivity contribution in [2.45, 2.75) is 38.8 Å². The lowest BCUT2D eigenvalue weighted by atomic mass is 9.86. The van der Waals surface area contributed by atoms with Gasteiger partial charge in [-0.15, -0.1) is 0 Å². The number of aromatic nitrogens is 1. The molecule has 1 atom stereocenters. The molecule has 1 N–H and O–H groups in total. The van der Waals surface area contributed by atoms with Crippen molar-refractivity contribution in [3.63, 3.8) is 0 Å². The van der Waals surface area contributed by atoms with Crippen LogP contribution in [-0.2, 0) is 13.0 Å². The smallest absolute Gasteiger partial charge is 0.313 e. The molecule has 2 aromatic carbocycles. The van der Waals surface area contributed by atoms with Gasteiger partial charge in [0.15, 0.2) is 0 Å². The van der Waals surface area contributed by atoms with Crippen molar-refractivity contribution in [3.05, 3.63) is 95.3 Å². The van der Waals surface area contributed by atoms with Crippen LogP contribution in [0.25, 0.3) is 0 Å². The first-order valence-corrected chi connectivity index (χ1v) is 9.82. The minimum atomic E-state index is -0.0673. The Morgan fingerprint density at radius 2 is 1.82 bits per heavy atom. The van der Waals surface area contributed by atoms with E-state index in [4.69, 9.17) is 0 Å². The van der Waals surface area contributed by atoms with Crippen molar-refractivity contribution < 1.29 is 4.79 Å². The molecule has 1 aromatic heterocycles. The number of amides is 2. The summed E-state index contributed by atoms with van der Waals surface area (Å²) in [7, 11) is 0. The average molecular weight is 371 g/mol. The van der Waals surface area contributed by atoms with E-state index in [0.717, 1.165) is 30.5 Å². The molecule has 142 valence electrons. The maximum absolute atomic E-state index is 13.3. The number of nitrogens with zero attached hydrogens (tertiary/aromatic N) is 2. The fraction of sp³-hybridized carbons (Fsp3) is 0.250. The summed E-state index contributed by atoms with van der Waals surface area (Å²) in [6.07, 6.45) is 6.70. The van der Waals surface area contributed by atoms with Gasteiger partial charge in [-0.25, -0.2) is 4.79 Å². The Labute approximate surface area is 166 Å². The zero-order chi connectivity index (χ0) is 19.3. The number of carbonyl (C=O) groups excluding carboxylic acids is 1. The van der Waals surface area contributed by atoms with Gasteiger partial charge in [-0.1, -0.05) is 42.0 Å². The summed E-state index contributed by atoms with van der Waals surface area (Å²) < 4.78 is 0. The average Bonchev–Trinajstić information content (AvgIpc) is 2.74. The minimum absolute atomic E-state index is 0.0673. The van der Waals surface area contributed by atoms with Crippen LogP contribution in [0.2, 0.25) is 0 Å². The number of carbonyl (C=O) groups is 1. The molecule has 0 aliphatic heterocycles. The fourth-order valence-electron chi connectivity index (χ4n) is 3.89. The predicted molar refractivity (Wildman–Crippen MR) is 112 cm³/mol. The summed E-state index contributed by atoms with van der Waals surface area (Å²) >= 11 is 0. The quantitative estimate of drug-likeness (QED) is 0.658. The van der Waals surface area contributed by atoms with E-state index in [1.807, 2.05) is 48.2 Å². The van der Waals surface area contributed by atoms with Gasteiger partial charge in [0, 0.05) is 24.6 Å². The number of hydrogen-bond acceptors (Lipinski definition) is 2. The molecule has 4 rings (SSSR count). The second kappa shape index (κ2) is 8.26. The van der Waals surface area contributed by atoms with Gasteiger partial charge >= 0.3 is 6.03 Å². The van der Waals surface area contributed by atoms with Crippen LogP contribution in [0.15, 0.2) is 73.1 Å². The molecule has 0 saturated heterocycles. The highest BCUT2D eigenvalue weighted by atomic mass is 16.2. The van der Waals surface area contributed by atoms with Gasteiger partial charge in [0.05, 0.1) is 6.04 Å². The topological polar surface area (TPSA) is 45.2 Å². The molecule has 28 heavy (non-hydrogen) atoms. The van der Waals surface area contributed by atoms with E-state index in [1.165, 1.54) is 16.7 Å². The number of pyridine rings is 1. The first-order valence-electron chi connectivity index (χ1n) is 9.82. The lowest BCUT2D eigenvalue weighted by Crippen LogP contribution is -2.39. The van der Waals surface area contributed by atoms with Crippen LogP contribution in [0.4, 0.5) is 10.5 Å². The molecular weight excluding hydrogens is 346 g/mol. The van der Waals surface area contributed by atoms with Crippen LogP contribution in [0.1, 0.15) is 41.1 Å². The first kappa shape index (κ1) is 18.2. The van der Waals surface area contributed by atoms with E-state index >= 15 is 0 Å². The minimum Gasteiger partial charge on any atom is -0.313 e. The second-order valence-corrected chi connectivity index (χ2v) is 7.39. The molecule has 3 aromatic rings. The molecular formula is C24H25N3O. The van der Waals surface area contributed by atoms with Gasteiger partial charge < -0.3 is 10.2 Å². The highest BCUT2D eigenvalue weighted by Crippen LogP contribution is 2.35. The maximum atomic E-state index is 13.3. The lowest BCUT2D eigenvalue weighted by Gasteiger charge is -2.36. The molecule has 0 saturated carbocycles. The third kappa shape index (κ3) is 4.06. The SMILES string of the molecule is Cc1ccc(NC(=O)N(Cc2ccncc2)C2CCCc3ccccc32)cc1. The van der Waals surface area contributed by atoms with Crippen LogP contribution in [-0.4, -0.2) is 15.9 Å². The van der Waals surface area contributed by atoms with E-state index in [-0.39, 0.29) is 12.1 Å². The number of nitrogens with one attached hydrogen (secondary N) is 1. The fourth-order valence-corrected chi connectivity index (χ4v) is 3.89. The lowest BCUT2D eigenvalue weighted by molar-refractivity contribution is 0.175. The molecule has 4 heteroatoms. The zero-order valence-corrected chi connectivity index (χ0v) is 16.1. The maximum Gasteiger partial charge on any atom is 0.322 e. The molecule has 1 aliphatic rings. The molecule has 0 radical (unpaired) electrons.